The van der Waals surface area contributed by atoms with E-state index >= 15 is 0 Å². The van der Waals surface area contributed by atoms with Crippen LogP contribution in [0.3, 0.4) is 0 Å². The zero-order chi connectivity index (χ0) is 18.4. The molecule has 1 aromatic carbocycles. The molecule has 0 fully saturated rings. The van der Waals surface area contributed by atoms with Crippen molar-refractivity contribution in [2.24, 2.45) is 0 Å². The Labute approximate surface area is 145 Å². The quantitative estimate of drug-likeness (QED) is 0.612. The van der Waals surface area contributed by atoms with Gasteiger partial charge in [0.15, 0.2) is 12.4 Å². The van der Waals surface area contributed by atoms with Gasteiger partial charge in [-0.2, -0.15) is 0 Å². The second kappa shape index (κ2) is 8.23. The summed E-state index contributed by atoms with van der Waals surface area (Å²) < 4.78 is 10.1. The molecule has 2 rings (SSSR count). The van der Waals surface area contributed by atoms with E-state index in [0.29, 0.717) is 23.4 Å². The van der Waals surface area contributed by atoms with Crippen molar-refractivity contribution in [1.29, 1.82) is 0 Å². The average molecular weight is 344 g/mol. The summed E-state index contributed by atoms with van der Waals surface area (Å²) in [5.41, 5.74) is 2.64. The number of Topliss-reactive ketones (excluding diaryl/α,β-unsaturated/α-hetero) is 1. The van der Waals surface area contributed by atoms with Crippen molar-refractivity contribution in [2.45, 2.75) is 33.6 Å². The van der Waals surface area contributed by atoms with Crippen LogP contribution in [-0.4, -0.2) is 29.4 Å². The molecule has 1 aromatic heterocycles. The summed E-state index contributed by atoms with van der Waals surface area (Å²) in [4.78, 5) is 34.8. The predicted octanol–water partition coefficient (Wildman–Crippen LogP) is 2.61. The highest BCUT2D eigenvalue weighted by Crippen LogP contribution is 2.15. The van der Waals surface area contributed by atoms with E-state index in [1.165, 1.54) is 6.92 Å². The number of hydrogen-bond donors (Lipinski definition) is 1. The lowest BCUT2D eigenvalue weighted by Gasteiger charge is -2.06. The lowest BCUT2D eigenvalue weighted by atomic mass is 10.1. The topological polar surface area (TPSA) is 98.5 Å². The van der Waals surface area contributed by atoms with Crippen LogP contribution in [0.1, 0.15) is 40.7 Å². The number of rotatable bonds is 7. The zero-order valence-electron chi connectivity index (χ0n) is 14.4. The van der Waals surface area contributed by atoms with Gasteiger partial charge < -0.3 is 14.6 Å². The summed E-state index contributed by atoms with van der Waals surface area (Å²) >= 11 is 0. The number of carbonyl (C=O) groups is 3. The summed E-state index contributed by atoms with van der Waals surface area (Å²) in [6.45, 7) is 4.68. The van der Waals surface area contributed by atoms with Crippen LogP contribution in [0.5, 0.6) is 0 Å². The Morgan fingerprint density at radius 1 is 1.16 bits per heavy atom. The van der Waals surface area contributed by atoms with Gasteiger partial charge in [-0.15, -0.1) is 0 Å². The number of anilines is 1. The molecule has 25 heavy (non-hydrogen) atoms. The van der Waals surface area contributed by atoms with Gasteiger partial charge in [0.25, 0.3) is 0 Å². The van der Waals surface area contributed by atoms with E-state index in [-0.39, 0.29) is 24.7 Å². The third kappa shape index (κ3) is 5.27. The highest BCUT2D eigenvalue weighted by atomic mass is 16.5. The standard InChI is InChI=1S/C18H20N2O5/c1-11-16(12(2)25-20-11)8-9-18(23)24-10-17(22)14-4-6-15(7-5-14)19-13(3)21/h4-7H,8-10H2,1-3H3,(H,19,21). The minimum absolute atomic E-state index is 0.150. The molecule has 0 spiro atoms. The largest absolute Gasteiger partial charge is 0.457 e. The number of aromatic nitrogens is 1. The van der Waals surface area contributed by atoms with Gasteiger partial charge in [-0.05, 0) is 44.5 Å². The molecule has 0 unspecified atom stereocenters. The maximum atomic E-state index is 12.0. The molecule has 0 aliphatic heterocycles. The van der Waals surface area contributed by atoms with Gasteiger partial charge >= 0.3 is 5.97 Å². The van der Waals surface area contributed by atoms with Crippen molar-refractivity contribution >= 4 is 23.3 Å². The third-order valence-electron chi connectivity index (χ3n) is 3.65. The molecule has 0 aliphatic rings. The smallest absolute Gasteiger partial charge is 0.306 e. The number of nitrogens with one attached hydrogen (secondary N) is 1. The van der Waals surface area contributed by atoms with Crippen molar-refractivity contribution in [3.63, 3.8) is 0 Å². The van der Waals surface area contributed by atoms with Crippen LogP contribution in [0, 0.1) is 13.8 Å². The van der Waals surface area contributed by atoms with Gasteiger partial charge in [0.1, 0.15) is 5.76 Å². The minimum Gasteiger partial charge on any atom is -0.457 e. The summed E-state index contributed by atoms with van der Waals surface area (Å²) in [5, 5.41) is 6.44. The normalized spacial score (nSPS) is 10.4. The number of ether oxygens (including phenoxy) is 1. The van der Waals surface area contributed by atoms with Crippen molar-refractivity contribution in [3.8, 4) is 0 Å². The lowest BCUT2D eigenvalue weighted by Crippen LogP contribution is -2.15. The maximum Gasteiger partial charge on any atom is 0.306 e. The fourth-order valence-electron chi connectivity index (χ4n) is 2.33. The Kier molecular flexibility index (Phi) is 6.05. The molecule has 1 N–H and O–H groups in total. The van der Waals surface area contributed by atoms with Gasteiger partial charge in [0.05, 0.1) is 5.69 Å². The monoisotopic (exact) mass is 344 g/mol. The van der Waals surface area contributed by atoms with Crippen LogP contribution in [0.25, 0.3) is 0 Å². The van der Waals surface area contributed by atoms with Crippen LogP contribution in [0.4, 0.5) is 5.69 Å². The molecule has 1 amide bonds. The highest BCUT2D eigenvalue weighted by Gasteiger charge is 2.14. The molecule has 7 nitrogen and oxygen atoms in total. The molecule has 0 saturated heterocycles. The minimum atomic E-state index is -0.455. The predicted molar refractivity (Wildman–Crippen MR) is 90.3 cm³/mol. The first kappa shape index (κ1) is 18.4. The van der Waals surface area contributed by atoms with Gasteiger partial charge in [-0.3, -0.25) is 14.4 Å². The number of benzene rings is 1. The number of ketones is 1. The Morgan fingerprint density at radius 2 is 1.84 bits per heavy atom. The molecular formula is C18H20N2O5. The van der Waals surface area contributed by atoms with Gasteiger partial charge in [-0.1, -0.05) is 5.16 Å². The molecule has 0 aliphatic carbocycles. The van der Waals surface area contributed by atoms with E-state index in [1.54, 1.807) is 31.2 Å². The molecule has 0 bridgehead atoms. The second-order valence-electron chi connectivity index (χ2n) is 5.65. The average Bonchev–Trinajstić information content (AvgIpc) is 2.89. The third-order valence-corrected chi connectivity index (χ3v) is 3.65. The van der Waals surface area contributed by atoms with E-state index in [1.807, 2.05) is 6.92 Å². The zero-order valence-corrected chi connectivity index (χ0v) is 14.4. The van der Waals surface area contributed by atoms with E-state index in [0.717, 1.165) is 11.3 Å². The summed E-state index contributed by atoms with van der Waals surface area (Å²) in [6, 6.07) is 6.39. The van der Waals surface area contributed by atoms with Gasteiger partial charge in [0, 0.05) is 30.2 Å². The summed E-state index contributed by atoms with van der Waals surface area (Å²) in [5.74, 6) is -0.268. The molecule has 0 saturated carbocycles. The number of amides is 1. The van der Waals surface area contributed by atoms with Crippen molar-refractivity contribution in [1.82, 2.24) is 5.16 Å². The Balaban J connectivity index is 1.81. The second-order valence-corrected chi connectivity index (χ2v) is 5.65. The van der Waals surface area contributed by atoms with Crippen molar-refractivity contribution < 1.29 is 23.6 Å². The van der Waals surface area contributed by atoms with E-state index < -0.39 is 5.97 Å². The molecule has 0 radical (unpaired) electrons. The van der Waals surface area contributed by atoms with Crippen LogP contribution >= 0.6 is 0 Å². The molecule has 7 heteroatoms. The van der Waals surface area contributed by atoms with E-state index in [9.17, 15) is 14.4 Å². The van der Waals surface area contributed by atoms with Crippen molar-refractivity contribution in [3.05, 3.63) is 46.8 Å². The van der Waals surface area contributed by atoms with Crippen LogP contribution in [-0.2, 0) is 20.7 Å². The molecule has 0 atom stereocenters. The number of aryl methyl sites for hydroxylation is 2. The number of hydrogen-bond acceptors (Lipinski definition) is 6. The number of nitrogens with zero attached hydrogens (tertiary/aromatic N) is 1. The summed E-state index contributed by atoms with van der Waals surface area (Å²) in [7, 11) is 0. The highest BCUT2D eigenvalue weighted by molar-refractivity contribution is 5.98. The molecule has 1 heterocycles. The summed E-state index contributed by atoms with van der Waals surface area (Å²) in [6.07, 6.45) is 0.608. The molecule has 132 valence electrons. The van der Waals surface area contributed by atoms with Crippen LogP contribution < -0.4 is 5.32 Å². The van der Waals surface area contributed by atoms with Crippen LogP contribution in [0.15, 0.2) is 28.8 Å². The van der Waals surface area contributed by atoms with Crippen LogP contribution in [0.2, 0.25) is 0 Å². The van der Waals surface area contributed by atoms with E-state index in [2.05, 4.69) is 10.5 Å². The first-order valence-electron chi connectivity index (χ1n) is 7.85. The van der Waals surface area contributed by atoms with Gasteiger partial charge in [0.2, 0.25) is 5.91 Å². The first-order chi connectivity index (χ1) is 11.9. The maximum absolute atomic E-state index is 12.0. The first-order valence-corrected chi connectivity index (χ1v) is 7.85. The fourth-order valence-corrected chi connectivity index (χ4v) is 2.33. The Bertz CT molecular complexity index is 758. The fraction of sp³-hybridized carbons (Fsp3) is 0.333. The Morgan fingerprint density at radius 3 is 2.40 bits per heavy atom. The number of carbonyl (C=O) groups excluding carboxylic acids is 3. The van der Waals surface area contributed by atoms with E-state index in [4.69, 9.17) is 9.26 Å². The SMILES string of the molecule is CC(=O)Nc1ccc(C(=O)COC(=O)CCc2c(C)noc2C)cc1. The lowest BCUT2D eigenvalue weighted by molar-refractivity contribution is -0.142. The van der Waals surface area contributed by atoms with Gasteiger partial charge in [-0.25, -0.2) is 0 Å². The molecule has 2 aromatic rings. The number of esters is 1. The van der Waals surface area contributed by atoms with Crippen molar-refractivity contribution in [2.75, 3.05) is 11.9 Å². The Hall–Kier alpha value is -2.96. The molecular weight excluding hydrogens is 324 g/mol.